The summed E-state index contributed by atoms with van der Waals surface area (Å²) >= 11 is 0. The number of para-hydroxylation sites is 1. The van der Waals surface area contributed by atoms with Crippen LogP contribution >= 0.6 is 0 Å². The normalized spacial score (nSPS) is 10.9. The molecule has 8 nitrogen and oxygen atoms in total. The van der Waals surface area contributed by atoms with Crippen LogP contribution in [0.3, 0.4) is 0 Å². The lowest BCUT2D eigenvalue weighted by atomic mass is 10.0. The van der Waals surface area contributed by atoms with Gasteiger partial charge in [0.05, 0.1) is 18.5 Å². The fourth-order valence-corrected chi connectivity index (χ4v) is 3.66. The Kier molecular flexibility index (Phi) is 6.46. The molecule has 168 valence electrons. The molecule has 0 saturated carbocycles. The van der Waals surface area contributed by atoms with Gasteiger partial charge in [0.15, 0.2) is 11.5 Å². The lowest BCUT2D eigenvalue weighted by Gasteiger charge is -2.14. The first-order valence-electron chi connectivity index (χ1n) is 10.7. The number of hydrogen-bond donors (Lipinski definition) is 2. The van der Waals surface area contributed by atoms with E-state index in [4.69, 9.17) is 10.5 Å². The minimum Gasteiger partial charge on any atom is -0.466 e. The Morgan fingerprint density at radius 3 is 2.73 bits per heavy atom. The molecule has 3 N–H and O–H groups in total. The van der Waals surface area contributed by atoms with Gasteiger partial charge in [-0.3, -0.25) is 9.59 Å². The minimum absolute atomic E-state index is 0.0621. The van der Waals surface area contributed by atoms with Gasteiger partial charge in [0.1, 0.15) is 0 Å². The van der Waals surface area contributed by atoms with E-state index in [-0.39, 0.29) is 18.1 Å². The van der Waals surface area contributed by atoms with Crippen LogP contribution in [0.4, 0.5) is 5.69 Å². The Bertz CT molecular complexity index is 1330. The Hall–Kier alpha value is -4.04. The summed E-state index contributed by atoms with van der Waals surface area (Å²) in [5.74, 6) is -0.330. The van der Waals surface area contributed by atoms with Gasteiger partial charge < -0.3 is 15.8 Å². The third-order valence-electron chi connectivity index (χ3n) is 5.26. The van der Waals surface area contributed by atoms with E-state index in [2.05, 4.69) is 15.4 Å². The molecule has 0 saturated heterocycles. The maximum absolute atomic E-state index is 13.4. The van der Waals surface area contributed by atoms with Gasteiger partial charge >= 0.3 is 5.97 Å². The molecule has 0 unspecified atom stereocenters. The number of benzene rings is 2. The van der Waals surface area contributed by atoms with Crippen molar-refractivity contribution >= 4 is 23.1 Å². The largest absolute Gasteiger partial charge is 0.466 e. The van der Waals surface area contributed by atoms with Crippen molar-refractivity contribution in [3.63, 3.8) is 0 Å². The van der Waals surface area contributed by atoms with Gasteiger partial charge in [0.25, 0.3) is 5.91 Å². The highest BCUT2D eigenvalue weighted by atomic mass is 16.5. The monoisotopic (exact) mass is 443 g/mol. The predicted molar refractivity (Wildman–Crippen MR) is 126 cm³/mol. The van der Waals surface area contributed by atoms with Crippen LogP contribution in [0.15, 0.2) is 60.8 Å². The number of aryl methyl sites for hydroxylation is 1. The van der Waals surface area contributed by atoms with Crippen LogP contribution in [-0.4, -0.2) is 33.1 Å². The van der Waals surface area contributed by atoms with Crippen molar-refractivity contribution in [3.05, 3.63) is 83.2 Å². The first-order chi connectivity index (χ1) is 16.0. The number of anilines is 1. The lowest BCUT2D eigenvalue weighted by Crippen LogP contribution is -2.19. The van der Waals surface area contributed by atoms with Crippen molar-refractivity contribution in [2.45, 2.75) is 26.8 Å². The van der Waals surface area contributed by atoms with Crippen LogP contribution in [-0.2, 0) is 22.5 Å². The summed E-state index contributed by atoms with van der Waals surface area (Å²) in [5, 5.41) is 7.50. The zero-order valence-corrected chi connectivity index (χ0v) is 18.5. The Balaban J connectivity index is 1.72. The predicted octanol–water partition coefficient (Wildman–Crippen LogP) is 3.52. The third-order valence-corrected chi connectivity index (χ3v) is 5.26. The maximum Gasteiger partial charge on any atom is 0.310 e. The van der Waals surface area contributed by atoms with Crippen LogP contribution in [0, 0.1) is 6.92 Å². The van der Waals surface area contributed by atoms with Crippen LogP contribution < -0.4 is 11.1 Å². The maximum atomic E-state index is 13.4. The Morgan fingerprint density at radius 2 is 1.94 bits per heavy atom. The molecule has 4 rings (SSSR count). The van der Waals surface area contributed by atoms with Gasteiger partial charge in [0, 0.05) is 24.0 Å². The van der Waals surface area contributed by atoms with Crippen LogP contribution in [0.2, 0.25) is 0 Å². The number of amides is 1. The van der Waals surface area contributed by atoms with Crippen molar-refractivity contribution in [2.24, 2.45) is 5.73 Å². The lowest BCUT2D eigenvalue weighted by molar-refractivity contribution is -0.142. The summed E-state index contributed by atoms with van der Waals surface area (Å²) in [6.45, 7) is 4.33. The van der Waals surface area contributed by atoms with Crippen molar-refractivity contribution in [2.75, 3.05) is 11.9 Å². The smallest absolute Gasteiger partial charge is 0.310 e. The summed E-state index contributed by atoms with van der Waals surface area (Å²) < 4.78 is 6.71. The second-order valence-electron chi connectivity index (χ2n) is 7.57. The molecular formula is C25H25N5O3. The van der Waals surface area contributed by atoms with E-state index >= 15 is 0 Å². The molecular weight excluding hydrogens is 418 g/mol. The van der Waals surface area contributed by atoms with Gasteiger partial charge in [-0.1, -0.05) is 36.4 Å². The number of nitrogens with two attached hydrogens (primary N) is 1. The zero-order chi connectivity index (χ0) is 23.4. The van der Waals surface area contributed by atoms with Crippen LogP contribution in [0.1, 0.15) is 34.1 Å². The van der Waals surface area contributed by atoms with E-state index in [1.165, 1.54) is 0 Å². The molecule has 0 bridgehead atoms. The van der Waals surface area contributed by atoms with Gasteiger partial charge in [-0.05, 0) is 48.7 Å². The minimum atomic E-state index is -0.392. The second kappa shape index (κ2) is 9.62. The van der Waals surface area contributed by atoms with E-state index in [1.54, 1.807) is 35.8 Å². The molecule has 4 aromatic rings. The first kappa shape index (κ1) is 22.2. The van der Waals surface area contributed by atoms with Crippen molar-refractivity contribution in [1.82, 2.24) is 14.6 Å². The molecule has 2 heterocycles. The molecule has 2 aromatic carbocycles. The highest BCUT2D eigenvalue weighted by Gasteiger charge is 2.19. The van der Waals surface area contributed by atoms with Gasteiger partial charge in [-0.15, -0.1) is 5.10 Å². The molecule has 8 heteroatoms. The number of fused-ring (bicyclic) bond motifs is 1. The Labute approximate surface area is 191 Å². The van der Waals surface area contributed by atoms with E-state index in [0.29, 0.717) is 35.7 Å². The number of rotatable bonds is 7. The van der Waals surface area contributed by atoms with Gasteiger partial charge in [-0.25, -0.2) is 9.50 Å². The average Bonchev–Trinajstić information content (AvgIpc) is 3.29. The highest BCUT2D eigenvalue weighted by molar-refractivity contribution is 6.08. The summed E-state index contributed by atoms with van der Waals surface area (Å²) in [5.41, 5.74) is 10.4. The number of hydrogen-bond acceptors (Lipinski definition) is 6. The fraction of sp³-hybridized carbons (Fsp3) is 0.200. The van der Waals surface area contributed by atoms with Gasteiger partial charge in [0.2, 0.25) is 0 Å². The van der Waals surface area contributed by atoms with Crippen molar-refractivity contribution in [3.8, 4) is 11.4 Å². The van der Waals surface area contributed by atoms with E-state index in [9.17, 15) is 9.59 Å². The Morgan fingerprint density at radius 1 is 1.12 bits per heavy atom. The number of nitrogens with zero attached hydrogens (tertiary/aromatic N) is 3. The molecule has 0 fully saturated rings. The molecule has 0 atom stereocenters. The molecule has 2 aromatic heterocycles. The number of nitrogens with one attached hydrogen (secondary N) is 1. The van der Waals surface area contributed by atoms with Crippen LogP contribution in [0.5, 0.6) is 0 Å². The second-order valence-corrected chi connectivity index (χ2v) is 7.57. The summed E-state index contributed by atoms with van der Waals surface area (Å²) in [4.78, 5) is 30.0. The third kappa shape index (κ3) is 4.75. The molecule has 0 aliphatic rings. The number of carbonyl (C=O) groups is 2. The number of esters is 1. The summed E-state index contributed by atoms with van der Waals surface area (Å²) in [6, 6.07) is 16.7. The van der Waals surface area contributed by atoms with Gasteiger partial charge in [-0.2, -0.15) is 0 Å². The van der Waals surface area contributed by atoms with E-state index in [0.717, 1.165) is 16.7 Å². The summed E-state index contributed by atoms with van der Waals surface area (Å²) in [6.07, 6.45) is 1.83. The zero-order valence-electron chi connectivity index (χ0n) is 18.5. The summed E-state index contributed by atoms with van der Waals surface area (Å²) in [7, 11) is 0. The van der Waals surface area contributed by atoms with E-state index < -0.39 is 5.91 Å². The molecule has 0 spiro atoms. The molecule has 0 aliphatic heterocycles. The topological polar surface area (TPSA) is 112 Å². The fourth-order valence-electron chi connectivity index (χ4n) is 3.66. The van der Waals surface area contributed by atoms with E-state index in [1.807, 2.05) is 43.3 Å². The highest BCUT2D eigenvalue weighted by Crippen LogP contribution is 2.24. The van der Waals surface area contributed by atoms with Crippen molar-refractivity contribution < 1.29 is 14.3 Å². The standard InChI is InChI=1S/C25H25N5O3/c1-3-33-21(31)14-18-9-4-7-16(2)22(18)28-25(32)23-20-11-6-12-30(20)29-24(27-23)19-10-5-8-17(13-19)15-26/h4-13H,3,14-15,26H2,1-2H3,(H,28,32). The van der Waals surface area contributed by atoms with Crippen molar-refractivity contribution in [1.29, 1.82) is 0 Å². The van der Waals surface area contributed by atoms with Crippen LogP contribution in [0.25, 0.3) is 16.9 Å². The number of carbonyl (C=O) groups excluding carboxylic acids is 2. The number of ether oxygens (including phenoxy) is 1. The SMILES string of the molecule is CCOC(=O)Cc1cccc(C)c1NC(=O)c1nc(-c2cccc(CN)c2)nn2cccc12. The molecule has 1 amide bonds. The molecule has 0 aliphatic carbocycles. The first-order valence-corrected chi connectivity index (χ1v) is 10.7. The average molecular weight is 444 g/mol. The number of aromatic nitrogens is 3. The quantitative estimate of drug-likeness (QED) is 0.423. The molecule has 33 heavy (non-hydrogen) atoms. The molecule has 0 radical (unpaired) electrons.